The van der Waals surface area contributed by atoms with Gasteiger partial charge in [0.1, 0.15) is 0 Å². The summed E-state index contributed by atoms with van der Waals surface area (Å²) < 4.78 is 10.3. The zero-order chi connectivity index (χ0) is 11.1. The summed E-state index contributed by atoms with van der Waals surface area (Å²) in [5.74, 6) is -0.134. The van der Waals surface area contributed by atoms with Crippen LogP contribution in [0.4, 0.5) is 0 Å². The van der Waals surface area contributed by atoms with Crippen molar-refractivity contribution in [3.63, 3.8) is 0 Å². The SMILES string of the molecule is CCOC(=O)CCNC1(C)CCCOC1. The van der Waals surface area contributed by atoms with Gasteiger partial charge in [0.05, 0.1) is 19.6 Å². The average molecular weight is 215 g/mol. The van der Waals surface area contributed by atoms with Gasteiger partial charge in [-0.15, -0.1) is 0 Å². The van der Waals surface area contributed by atoms with E-state index in [2.05, 4.69) is 12.2 Å². The van der Waals surface area contributed by atoms with Crippen molar-refractivity contribution in [1.29, 1.82) is 0 Å². The van der Waals surface area contributed by atoms with Gasteiger partial charge in [-0.3, -0.25) is 4.79 Å². The summed E-state index contributed by atoms with van der Waals surface area (Å²) in [5.41, 5.74) is 0.0325. The van der Waals surface area contributed by atoms with Gasteiger partial charge < -0.3 is 14.8 Å². The number of nitrogens with one attached hydrogen (secondary N) is 1. The van der Waals surface area contributed by atoms with E-state index in [0.29, 0.717) is 19.6 Å². The lowest BCUT2D eigenvalue weighted by Crippen LogP contribution is -2.49. The van der Waals surface area contributed by atoms with E-state index in [9.17, 15) is 4.79 Å². The third-order valence-electron chi connectivity index (χ3n) is 2.62. The normalized spacial score (nSPS) is 26.3. The minimum Gasteiger partial charge on any atom is -0.466 e. The van der Waals surface area contributed by atoms with Crippen molar-refractivity contribution in [2.24, 2.45) is 0 Å². The number of carbonyl (C=O) groups is 1. The molecular weight excluding hydrogens is 194 g/mol. The van der Waals surface area contributed by atoms with E-state index in [-0.39, 0.29) is 11.5 Å². The van der Waals surface area contributed by atoms with Crippen molar-refractivity contribution in [2.75, 3.05) is 26.4 Å². The van der Waals surface area contributed by atoms with Gasteiger partial charge in [-0.05, 0) is 26.7 Å². The number of esters is 1. The second-order valence-corrected chi connectivity index (χ2v) is 4.20. The molecule has 0 aliphatic carbocycles. The van der Waals surface area contributed by atoms with Crippen molar-refractivity contribution >= 4 is 5.97 Å². The van der Waals surface area contributed by atoms with Gasteiger partial charge in [0.25, 0.3) is 0 Å². The monoisotopic (exact) mass is 215 g/mol. The van der Waals surface area contributed by atoms with Crippen LogP contribution < -0.4 is 5.32 Å². The molecule has 1 fully saturated rings. The highest BCUT2D eigenvalue weighted by Gasteiger charge is 2.26. The molecule has 1 heterocycles. The fourth-order valence-corrected chi connectivity index (χ4v) is 1.77. The molecule has 1 saturated heterocycles. The second-order valence-electron chi connectivity index (χ2n) is 4.20. The molecule has 1 atom stereocenters. The van der Waals surface area contributed by atoms with Gasteiger partial charge in [0.15, 0.2) is 0 Å². The minimum atomic E-state index is -0.134. The largest absolute Gasteiger partial charge is 0.466 e. The summed E-state index contributed by atoms with van der Waals surface area (Å²) in [7, 11) is 0. The van der Waals surface area contributed by atoms with E-state index < -0.39 is 0 Å². The highest BCUT2D eigenvalue weighted by molar-refractivity contribution is 5.69. The molecular formula is C11H21NO3. The lowest BCUT2D eigenvalue weighted by atomic mass is 9.95. The molecule has 4 nitrogen and oxygen atoms in total. The molecule has 1 rings (SSSR count). The van der Waals surface area contributed by atoms with Crippen LogP contribution in [0.5, 0.6) is 0 Å². The molecule has 0 radical (unpaired) electrons. The van der Waals surface area contributed by atoms with Gasteiger partial charge in [0, 0.05) is 18.7 Å². The molecule has 0 aromatic carbocycles. The van der Waals surface area contributed by atoms with E-state index in [1.807, 2.05) is 6.92 Å². The van der Waals surface area contributed by atoms with E-state index in [0.717, 1.165) is 26.1 Å². The molecule has 0 spiro atoms. The van der Waals surface area contributed by atoms with Crippen LogP contribution in [-0.2, 0) is 14.3 Å². The summed E-state index contributed by atoms with van der Waals surface area (Å²) in [5, 5.41) is 3.36. The zero-order valence-electron chi connectivity index (χ0n) is 9.67. The number of hydrogen-bond acceptors (Lipinski definition) is 4. The predicted octanol–water partition coefficient (Wildman–Crippen LogP) is 1.10. The molecule has 88 valence electrons. The van der Waals surface area contributed by atoms with Crippen molar-refractivity contribution in [1.82, 2.24) is 5.32 Å². The fourth-order valence-electron chi connectivity index (χ4n) is 1.77. The van der Waals surface area contributed by atoms with Crippen LogP contribution in [0, 0.1) is 0 Å². The predicted molar refractivity (Wildman–Crippen MR) is 57.7 cm³/mol. The van der Waals surface area contributed by atoms with Crippen molar-refractivity contribution < 1.29 is 14.3 Å². The summed E-state index contributed by atoms with van der Waals surface area (Å²) in [6.45, 7) is 6.67. The lowest BCUT2D eigenvalue weighted by Gasteiger charge is -2.34. The third kappa shape index (κ3) is 4.62. The first-order valence-corrected chi connectivity index (χ1v) is 5.65. The summed E-state index contributed by atoms with van der Waals surface area (Å²) >= 11 is 0. The lowest BCUT2D eigenvalue weighted by molar-refractivity contribution is -0.143. The quantitative estimate of drug-likeness (QED) is 0.698. The van der Waals surface area contributed by atoms with Gasteiger partial charge in [-0.2, -0.15) is 0 Å². The highest BCUT2D eigenvalue weighted by Crippen LogP contribution is 2.17. The van der Waals surface area contributed by atoms with Crippen LogP contribution in [0.1, 0.15) is 33.1 Å². The molecule has 0 aromatic heterocycles. The Morgan fingerprint density at radius 1 is 1.60 bits per heavy atom. The molecule has 4 heteroatoms. The molecule has 1 unspecified atom stereocenters. The Labute approximate surface area is 91.3 Å². The molecule has 0 amide bonds. The zero-order valence-corrected chi connectivity index (χ0v) is 9.67. The Kier molecular flexibility index (Phi) is 5.05. The Morgan fingerprint density at radius 3 is 3.00 bits per heavy atom. The Balaban J connectivity index is 2.15. The first-order chi connectivity index (χ1) is 7.16. The average Bonchev–Trinajstić information content (AvgIpc) is 2.19. The number of carbonyl (C=O) groups excluding carboxylic acids is 1. The first-order valence-electron chi connectivity index (χ1n) is 5.65. The first kappa shape index (κ1) is 12.5. The van der Waals surface area contributed by atoms with Crippen LogP contribution in [0.25, 0.3) is 0 Å². The molecule has 1 N–H and O–H groups in total. The van der Waals surface area contributed by atoms with E-state index >= 15 is 0 Å². The van der Waals surface area contributed by atoms with Crippen LogP contribution >= 0.6 is 0 Å². The van der Waals surface area contributed by atoms with Crippen LogP contribution in [0.3, 0.4) is 0 Å². The van der Waals surface area contributed by atoms with Gasteiger partial charge >= 0.3 is 5.97 Å². The van der Waals surface area contributed by atoms with Gasteiger partial charge in [-0.25, -0.2) is 0 Å². The standard InChI is InChI=1S/C11H21NO3/c1-3-15-10(13)5-7-12-11(2)6-4-8-14-9-11/h12H,3-9H2,1-2H3. The number of rotatable bonds is 5. The van der Waals surface area contributed by atoms with Crippen molar-refractivity contribution in [3.05, 3.63) is 0 Å². The van der Waals surface area contributed by atoms with Crippen LogP contribution in [0.15, 0.2) is 0 Å². The summed E-state index contributed by atoms with van der Waals surface area (Å²) in [6.07, 6.45) is 2.63. The third-order valence-corrected chi connectivity index (χ3v) is 2.62. The van der Waals surface area contributed by atoms with Crippen molar-refractivity contribution in [3.8, 4) is 0 Å². The van der Waals surface area contributed by atoms with Gasteiger partial charge in [0.2, 0.25) is 0 Å². The van der Waals surface area contributed by atoms with Crippen LogP contribution in [0.2, 0.25) is 0 Å². The molecule has 0 bridgehead atoms. The number of hydrogen-bond donors (Lipinski definition) is 1. The Morgan fingerprint density at radius 2 is 2.40 bits per heavy atom. The molecule has 0 saturated carbocycles. The maximum atomic E-state index is 11.1. The summed E-state index contributed by atoms with van der Waals surface area (Å²) in [6, 6.07) is 0. The molecule has 0 aromatic rings. The molecule has 15 heavy (non-hydrogen) atoms. The summed E-state index contributed by atoms with van der Waals surface area (Å²) in [4.78, 5) is 11.1. The smallest absolute Gasteiger partial charge is 0.307 e. The molecule has 1 aliphatic rings. The minimum absolute atomic E-state index is 0.0325. The Hall–Kier alpha value is -0.610. The van der Waals surface area contributed by atoms with E-state index in [1.165, 1.54) is 0 Å². The van der Waals surface area contributed by atoms with E-state index in [1.54, 1.807) is 0 Å². The maximum absolute atomic E-state index is 11.1. The fraction of sp³-hybridized carbons (Fsp3) is 0.909. The van der Waals surface area contributed by atoms with Crippen molar-refractivity contribution in [2.45, 2.75) is 38.6 Å². The topological polar surface area (TPSA) is 47.6 Å². The van der Waals surface area contributed by atoms with E-state index in [4.69, 9.17) is 9.47 Å². The second kappa shape index (κ2) is 6.08. The van der Waals surface area contributed by atoms with Crippen LogP contribution in [-0.4, -0.2) is 37.9 Å². The van der Waals surface area contributed by atoms with Gasteiger partial charge in [-0.1, -0.05) is 0 Å². The maximum Gasteiger partial charge on any atom is 0.307 e. The number of ether oxygens (including phenoxy) is 2. The highest BCUT2D eigenvalue weighted by atomic mass is 16.5. The Bertz CT molecular complexity index is 200. The molecule has 1 aliphatic heterocycles.